The molecule has 100 valence electrons. The lowest BCUT2D eigenvalue weighted by molar-refractivity contribution is 0.574. The van der Waals surface area contributed by atoms with Gasteiger partial charge in [0, 0.05) is 12.1 Å². The Morgan fingerprint density at radius 1 is 1.05 bits per heavy atom. The van der Waals surface area contributed by atoms with E-state index in [-0.39, 0.29) is 11.4 Å². The normalized spacial score (nSPS) is 11.5. The number of hydrogen-bond acceptors (Lipinski definition) is 2. The molecule has 0 atom stereocenters. The maximum Gasteiger partial charge on any atom is 0.240 e. The van der Waals surface area contributed by atoms with Crippen molar-refractivity contribution in [1.29, 1.82) is 0 Å². The molecule has 2 aromatic rings. The zero-order valence-corrected chi connectivity index (χ0v) is 11.2. The predicted octanol–water partition coefficient (Wildman–Crippen LogP) is 2.61. The Balaban J connectivity index is 2.14. The van der Waals surface area contributed by atoms with Gasteiger partial charge in [-0.2, -0.15) is 0 Å². The van der Waals surface area contributed by atoms with E-state index in [1.165, 1.54) is 18.2 Å². The lowest BCUT2D eigenvalue weighted by atomic mass is 10.2. The highest BCUT2D eigenvalue weighted by molar-refractivity contribution is 7.89. The van der Waals surface area contributed by atoms with Crippen LogP contribution in [0.4, 0.5) is 4.39 Å². The maximum absolute atomic E-state index is 13.4. The van der Waals surface area contributed by atoms with Gasteiger partial charge in [-0.05, 0) is 25.1 Å². The average Bonchev–Trinajstić information content (AvgIpc) is 2.38. The second-order valence-electron chi connectivity index (χ2n) is 4.23. The molecule has 0 saturated heterocycles. The Morgan fingerprint density at radius 3 is 2.32 bits per heavy atom. The summed E-state index contributed by atoms with van der Waals surface area (Å²) in [5, 5.41) is 0. The highest BCUT2D eigenvalue weighted by Crippen LogP contribution is 2.12. The highest BCUT2D eigenvalue weighted by atomic mass is 32.2. The predicted molar refractivity (Wildman–Crippen MR) is 71.6 cm³/mol. The first-order valence-corrected chi connectivity index (χ1v) is 7.27. The topological polar surface area (TPSA) is 46.2 Å². The molecule has 2 rings (SSSR count). The Hall–Kier alpha value is -1.72. The standard InChI is InChI=1S/C14H14FNO2S/c1-11-6-8-13(9-7-11)19(17,18)16-10-12-4-2-3-5-14(12)15/h2-9,16H,10H2,1H3. The van der Waals surface area contributed by atoms with E-state index in [0.29, 0.717) is 5.56 Å². The van der Waals surface area contributed by atoms with Crippen LogP contribution in [0.5, 0.6) is 0 Å². The molecule has 0 spiro atoms. The number of sulfonamides is 1. The second kappa shape index (κ2) is 5.50. The van der Waals surface area contributed by atoms with E-state index in [0.717, 1.165) is 5.56 Å². The third kappa shape index (κ3) is 3.39. The monoisotopic (exact) mass is 279 g/mol. The molecule has 0 saturated carbocycles. The SMILES string of the molecule is Cc1ccc(S(=O)(=O)NCc2ccccc2F)cc1. The fourth-order valence-electron chi connectivity index (χ4n) is 1.62. The van der Waals surface area contributed by atoms with Gasteiger partial charge in [-0.25, -0.2) is 17.5 Å². The van der Waals surface area contributed by atoms with Crippen LogP contribution < -0.4 is 4.72 Å². The van der Waals surface area contributed by atoms with Crippen LogP contribution in [-0.4, -0.2) is 8.42 Å². The van der Waals surface area contributed by atoms with Crippen molar-refractivity contribution in [2.45, 2.75) is 18.4 Å². The fourth-order valence-corrected chi connectivity index (χ4v) is 2.62. The summed E-state index contributed by atoms with van der Waals surface area (Å²) in [5.41, 5.74) is 1.30. The molecule has 0 fully saturated rings. The number of halogens is 1. The first kappa shape index (κ1) is 13.7. The average molecular weight is 279 g/mol. The van der Waals surface area contributed by atoms with Gasteiger partial charge in [0.2, 0.25) is 10.0 Å². The van der Waals surface area contributed by atoms with E-state index in [1.807, 2.05) is 6.92 Å². The van der Waals surface area contributed by atoms with Crippen LogP contribution in [0.15, 0.2) is 53.4 Å². The minimum Gasteiger partial charge on any atom is -0.207 e. The third-order valence-corrected chi connectivity index (χ3v) is 4.16. The van der Waals surface area contributed by atoms with Gasteiger partial charge in [0.25, 0.3) is 0 Å². The smallest absolute Gasteiger partial charge is 0.207 e. The summed E-state index contributed by atoms with van der Waals surface area (Å²) in [7, 11) is -3.61. The second-order valence-corrected chi connectivity index (χ2v) is 6.00. The molecule has 0 unspecified atom stereocenters. The van der Waals surface area contributed by atoms with E-state index >= 15 is 0 Å². The molecule has 19 heavy (non-hydrogen) atoms. The summed E-state index contributed by atoms with van der Waals surface area (Å²) in [6.07, 6.45) is 0. The quantitative estimate of drug-likeness (QED) is 0.935. The zero-order valence-electron chi connectivity index (χ0n) is 10.4. The van der Waals surface area contributed by atoms with Crippen LogP contribution in [0.1, 0.15) is 11.1 Å². The van der Waals surface area contributed by atoms with Crippen LogP contribution in [0, 0.1) is 12.7 Å². The molecular weight excluding hydrogens is 265 g/mol. The first-order chi connectivity index (χ1) is 8.99. The molecule has 1 N–H and O–H groups in total. The minimum atomic E-state index is -3.61. The molecule has 0 aliphatic heterocycles. The summed E-state index contributed by atoms with van der Waals surface area (Å²) < 4.78 is 39.8. The molecule has 0 aliphatic rings. The van der Waals surface area contributed by atoms with Crippen LogP contribution in [-0.2, 0) is 16.6 Å². The lowest BCUT2D eigenvalue weighted by Crippen LogP contribution is -2.23. The van der Waals surface area contributed by atoms with E-state index in [4.69, 9.17) is 0 Å². The molecule has 0 aliphatic carbocycles. The Kier molecular flexibility index (Phi) is 3.97. The van der Waals surface area contributed by atoms with Crippen molar-refractivity contribution in [1.82, 2.24) is 4.72 Å². The lowest BCUT2D eigenvalue weighted by Gasteiger charge is -2.07. The van der Waals surface area contributed by atoms with Gasteiger partial charge in [-0.15, -0.1) is 0 Å². The van der Waals surface area contributed by atoms with Gasteiger partial charge >= 0.3 is 0 Å². The molecule has 0 aromatic heterocycles. The zero-order chi connectivity index (χ0) is 13.9. The van der Waals surface area contributed by atoms with E-state index in [9.17, 15) is 12.8 Å². The Bertz CT molecular complexity index is 666. The van der Waals surface area contributed by atoms with Gasteiger partial charge in [0.05, 0.1) is 4.90 Å². The molecule has 0 bridgehead atoms. The summed E-state index contributed by atoms with van der Waals surface area (Å²) in [5.74, 6) is -0.422. The van der Waals surface area contributed by atoms with Crippen molar-refractivity contribution in [3.05, 3.63) is 65.5 Å². The summed E-state index contributed by atoms with van der Waals surface area (Å²) in [6, 6.07) is 12.6. The molecule has 0 heterocycles. The van der Waals surface area contributed by atoms with Gasteiger partial charge in [-0.1, -0.05) is 35.9 Å². The maximum atomic E-state index is 13.4. The summed E-state index contributed by atoms with van der Waals surface area (Å²) in [6.45, 7) is 1.81. The molecule has 3 nitrogen and oxygen atoms in total. The van der Waals surface area contributed by atoms with E-state index in [2.05, 4.69) is 4.72 Å². The van der Waals surface area contributed by atoms with Crippen LogP contribution >= 0.6 is 0 Å². The number of benzene rings is 2. The van der Waals surface area contributed by atoms with Crippen molar-refractivity contribution in [2.24, 2.45) is 0 Å². The van der Waals surface area contributed by atoms with Crippen LogP contribution in [0.2, 0.25) is 0 Å². The largest absolute Gasteiger partial charge is 0.240 e. The van der Waals surface area contributed by atoms with Gasteiger partial charge in [0.1, 0.15) is 5.82 Å². The van der Waals surface area contributed by atoms with Crippen molar-refractivity contribution in [2.75, 3.05) is 0 Å². The van der Waals surface area contributed by atoms with Crippen molar-refractivity contribution in [3.63, 3.8) is 0 Å². The van der Waals surface area contributed by atoms with Crippen molar-refractivity contribution in [3.8, 4) is 0 Å². The molecule has 0 amide bonds. The number of aryl methyl sites for hydroxylation is 1. The molecule has 5 heteroatoms. The number of rotatable bonds is 4. The molecule has 2 aromatic carbocycles. The fraction of sp³-hybridized carbons (Fsp3) is 0.143. The molecular formula is C14H14FNO2S. The summed E-state index contributed by atoms with van der Waals surface area (Å²) in [4.78, 5) is 0.175. The van der Waals surface area contributed by atoms with Crippen molar-refractivity contribution >= 4 is 10.0 Å². The van der Waals surface area contributed by atoms with Gasteiger partial charge in [-0.3, -0.25) is 0 Å². The van der Waals surface area contributed by atoms with E-state index in [1.54, 1.807) is 30.3 Å². The minimum absolute atomic E-state index is 0.0666. The van der Waals surface area contributed by atoms with E-state index < -0.39 is 15.8 Å². The first-order valence-electron chi connectivity index (χ1n) is 5.79. The number of nitrogens with one attached hydrogen (secondary N) is 1. The number of hydrogen-bond donors (Lipinski definition) is 1. The van der Waals surface area contributed by atoms with Gasteiger partial charge in [0.15, 0.2) is 0 Å². The van der Waals surface area contributed by atoms with Crippen molar-refractivity contribution < 1.29 is 12.8 Å². The molecule has 0 radical (unpaired) electrons. The Morgan fingerprint density at radius 2 is 1.68 bits per heavy atom. The van der Waals surface area contributed by atoms with Crippen LogP contribution in [0.3, 0.4) is 0 Å². The third-order valence-electron chi connectivity index (χ3n) is 2.74. The summed E-state index contributed by atoms with van der Waals surface area (Å²) >= 11 is 0. The van der Waals surface area contributed by atoms with Crippen LogP contribution in [0.25, 0.3) is 0 Å². The Labute approximate surface area is 112 Å². The highest BCUT2D eigenvalue weighted by Gasteiger charge is 2.14. The van der Waals surface area contributed by atoms with Gasteiger partial charge < -0.3 is 0 Å².